The highest BCUT2D eigenvalue weighted by Crippen LogP contribution is 2.30. The van der Waals surface area contributed by atoms with Crippen LogP contribution in [-0.4, -0.2) is 43.3 Å². The van der Waals surface area contributed by atoms with Gasteiger partial charge in [0.15, 0.2) is 9.84 Å². The third-order valence-electron chi connectivity index (χ3n) is 4.78. The van der Waals surface area contributed by atoms with Gasteiger partial charge in [0.25, 0.3) is 0 Å². The van der Waals surface area contributed by atoms with E-state index < -0.39 is 15.1 Å². The molecular formula is C19H23ClFNO3S. The molecule has 3 rings (SSSR count). The Labute approximate surface area is 160 Å². The Morgan fingerprint density at radius 3 is 2.27 bits per heavy atom. The van der Waals surface area contributed by atoms with E-state index in [1.165, 1.54) is 24.3 Å². The van der Waals surface area contributed by atoms with E-state index in [0.29, 0.717) is 25.9 Å². The number of hydrogen-bond donors (Lipinski definition) is 1. The number of rotatable bonds is 5. The van der Waals surface area contributed by atoms with E-state index in [1.807, 2.05) is 0 Å². The number of piperidine rings is 1. The molecule has 2 aromatic rings. The average Bonchev–Trinajstić information content (AvgIpc) is 2.62. The van der Waals surface area contributed by atoms with Crippen LogP contribution in [0.5, 0.6) is 5.75 Å². The molecule has 0 amide bonds. The van der Waals surface area contributed by atoms with Gasteiger partial charge in [0.1, 0.15) is 16.5 Å². The molecule has 0 radical (unpaired) electrons. The zero-order valence-corrected chi connectivity index (χ0v) is 16.0. The highest BCUT2D eigenvalue weighted by Gasteiger charge is 2.32. The van der Waals surface area contributed by atoms with Gasteiger partial charge < -0.3 is 10.0 Å². The van der Waals surface area contributed by atoms with Crippen molar-refractivity contribution in [1.82, 2.24) is 4.90 Å². The Bertz CT molecular complexity index is 819. The van der Waals surface area contributed by atoms with Gasteiger partial charge in [-0.1, -0.05) is 24.3 Å². The minimum absolute atomic E-state index is 0. The second-order valence-corrected chi connectivity index (χ2v) is 8.63. The second-order valence-electron chi connectivity index (χ2n) is 6.43. The molecule has 0 spiro atoms. The molecule has 0 bridgehead atoms. The van der Waals surface area contributed by atoms with Crippen LogP contribution >= 0.6 is 12.4 Å². The highest BCUT2D eigenvalue weighted by molar-refractivity contribution is 7.92. The van der Waals surface area contributed by atoms with E-state index in [-0.39, 0.29) is 28.9 Å². The first kappa shape index (κ1) is 20.7. The highest BCUT2D eigenvalue weighted by atomic mass is 35.5. The summed E-state index contributed by atoms with van der Waals surface area (Å²) in [6, 6.07) is 12.6. The van der Waals surface area contributed by atoms with Crippen molar-refractivity contribution in [2.75, 3.05) is 19.6 Å². The number of benzene rings is 2. The predicted octanol–water partition coefficient (Wildman–Crippen LogP) is 3.43. The summed E-state index contributed by atoms with van der Waals surface area (Å²) < 4.78 is 38.3. The van der Waals surface area contributed by atoms with Gasteiger partial charge in [0, 0.05) is 6.54 Å². The van der Waals surface area contributed by atoms with Gasteiger partial charge >= 0.3 is 0 Å². The van der Waals surface area contributed by atoms with Crippen LogP contribution in [0.3, 0.4) is 0 Å². The first-order valence-corrected chi connectivity index (χ1v) is 10.00. The number of phenolic OH excluding ortho intramolecular Hbond substituents is 1. The predicted molar refractivity (Wildman–Crippen MR) is 102 cm³/mol. The fourth-order valence-electron chi connectivity index (χ4n) is 3.26. The largest absolute Gasteiger partial charge is 0.507 e. The molecule has 7 heteroatoms. The van der Waals surface area contributed by atoms with Gasteiger partial charge in [-0.25, -0.2) is 12.8 Å². The van der Waals surface area contributed by atoms with Gasteiger partial charge in [-0.2, -0.15) is 0 Å². The van der Waals surface area contributed by atoms with Crippen molar-refractivity contribution in [3.63, 3.8) is 0 Å². The average molecular weight is 400 g/mol. The summed E-state index contributed by atoms with van der Waals surface area (Å²) in [6.07, 6.45) is 1.93. The SMILES string of the molecule is Cl.O=S(=O)(c1ccccc1O)C1CCN(CCc2ccc(F)cc2)CC1. The molecule has 1 aliphatic heterocycles. The number of aromatic hydroxyl groups is 1. The van der Waals surface area contributed by atoms with Gasteiger partial charge in [-0.05, 0) is 62.2 Å². The van der Waals surface area contributed by atoms with Gasteiger partial charge in [-0.15, -0.1) is 12.4 Å². The molecule has 0 aliphatic carbocycles. The van der Waals surface area contributed by atoms with Crippen LogP contribution in [0.25, 0.3) is 0 Å². The number of phenols is 1. The molecule has 0 aromatic heterocycles. The fraction of sp³-hybridized carbons (Fsp3) is 0.368. The molecule has 0 atom stereocenters. The number of nitrogens with zero attached hydrogens (tertiary/aromatic N) is 1. The molecule has 0 unspecified atom stereocenters. The normalized spacial score (nSPS) is 16.2. The molecule has 4 nitrogen and oxygen atoms in total. The van der Waals surface area contributed by atoms with E-state index in [0.717, 1.165) is 18.5 Å². The Balaban J connectivity index is 0.00000243. The minimum Gasteiger partial charge on any atom is -0.507 e. The number of para-hydroxylation sites is 1. The minimum atomic E-state index is -3.51. The Morgan fingerprint density at radius 1 is 1.04 bits per heavy atom. The van der Waals surface area contributed by atoms with Crippen molar-refractivity contribution in [2.24, 2.45) is 0 Å². The fourth-order valence-corrected chi connectivity index (χ4v) is 5.08. The monoisotopic (exact) mass is 399 g/mol. The summed E-state index contributed by atoms with van der Waals surface area (Å²) in [5, 5.41) is 9.39. The van der Waals surface area contributed by atoms with E-state index in [1.54, 1.807) is 24.3 Å². The lowest BCUT2D eigenvalue weighted by molar-refractivity contribution is 0.232. The number of halogens is 2. The maximum atomic E-state index is 12.9. The molecule has 0 saturated carbocycles. The van der Waals surface area contributed by atoms with Crippen LogP contribution in [0.1, 0.15) is 18.4 Å². The van der Waals surface area contributed by atoms with Crippen molar-refractivity contribution >= 4 is 22.2 Å². The summed E-state index contributed by atoms with van der Waals surface area (Å²) >= 11 is 0. The quantitative estimate of drug-likeness (QED) is 0.836. The van der Waals surface area contributed by atoms with Gasteiger partial charge in [-0.3, -0.25) is 0 Å². The number of likely N-dealkylation sites (tertiary alicyclic amines) is 1. The molecule has 1 heterocycles. The van der Waals surface area contributed by atoms with Crippen molar-refractivity contribution in [3.05, 3.63) is 59.9 Å². The van der Waals surface area contributed by atoms with Crippen LogP contribution in [0.15, 0.2) is 53.4 Å². The molecule has 1 N–H and O–H groups in total. The molecule has 1 saturated heterocycles. The molecular weight excluding hydrogens is 377 g/mol. The maximum absolute atomic E-state index is 12.9. The summed E-state index contributed by atoms with van der Waals surface area (Å²) in [5.41, 5.74) is 1.07. The summed E-state index contributed by atoms with van der Waals surface area (Å²) in [5.74, 6) is -0.417. The first-order chi connectivity index (χ1) is 12.0. The van der Waals surface area contributed by atoms with E-state index >= 15 is 0 Å². The van der Waals surface area contributed by atoms with Gasteiger partial charge in [0.05, 0.1) is 5.25 Å². The smallest absolute Gasteiger partial charge is 0.184 e. The van der Waals surface area contributed by atoms with Crippen LogP contribution < -0.4 is 0 Å². The molecule has 2 aromatic carbocycles. The maximum Gasteiger partial charge on any atom is 0.184 e. The lowest BCUT2D eigenvalue weighted by Crippen LogP contribution is -2.40. The Kier molecular flexibility index (Phi) is 7.03. The lowest BCUT2D eigenvalue weighted by atomic mass is 10.1. The van der Waals surface area contributed by atoms with E-state index in [2.05, 4.69) is 4.90 Å². The first-order valence-electron chi connectivity index (χ1n) is 8.45. The molecule has 142 valence electrons. The standard InChI is InChI=1S/C19H22FNO3S.ClH/c20-16-7-5-15(6-8-16)9-12-21-13-10-17(11-14-21)25(23,24)19-4-2-1-3-18(19)22;/h1-8,17,22H,9-14H2;1H. The molecule has 1 aliphatic rings. The van der Waals surface area contributed by atoms with Gasteiger partial charge in [0.2, 0.25) is 0 Å². The zero-order valence-electron chi connectivity index (χ0n) is 14.3. The van der Waals surface area contributed by atoms with Crippen molar-refractivity contribution < 1.29 is 17.9 Å². The topological polar surface area (TPSA) is 57.6 Å². The van der Waals surface area contributed by atoms with Crippen LogP contribution in [-0.2, 0) is 16.3 Å². The zero-order chi connectivity index (χ0) is 17.9. The third-order valence-corrected chi connectivity index (χ3v) is 7.08. The molecule has 26 heavy (non-hydrogen) atoms. The van der Waals surface area contributed by atoms with Crippen molar-refractivity contribution in [3.8, 4) is 5.75 Å². The summed E-state index contributed by atoms with van der Waals surface area (Å²) in [6.45, 7) is 2.24. The van der Waals surface area contributed by atoms with Crippen LogP contribution in [0.2, 0.25) is 0 Å². The summed E-state index contributed by atoms with van der Waals surface area (Å²) in [4.78, 5) is 2.26. The second kappa shape index (κ2) is 8.84. The lowest BCUT2D eigenvalue weighted by Gasteiger charge is -2.31. The van der Waals surface area contributed by atoms with Crippen molar-refractivity contribution in [2.45, 2.75) is 29.4 Å². The van der Waals surface area contributed by atoms with E-state index in [4.69, 9.17) is 0 Å². The van der Waals surface area contributed by atoms with Crippen LogP contribution in [0, 0.1) is 5.82 Å². The van der Waals surface area contributed by atoms with Crippen LogP contribution in [0.4, 0.5) is 4.39 Å². The Hall–Kier alpha value is -1.63. The third kappa shape index (κ3) is 4.75. The van der Waals surface area contributed by atoms with Crippen molar-refractivity contribution in [1.29, 1.82) is 0 Å². The number of sulfone groups is 1. The van der Waals surface area contributed by atoms with E-state index in [9.17, 15) is 17.9 Å². The number of hydrogen-bond acceptors (Lipinski definition) is 4. The Morgan fingerprint density at radius 2 is 1.65 bits per heavy atom. The molecule has 1 fully saturated rings. The summed E-state index contributed by atoms with van der Waals surface area (Å²) in [7, 11) is -3.51.